The average molecular weight is 358 g/mol. The molecule has 0 bridgehead atoms. The van der Waals surface area contributed by atoms with Crippen molar-refractivity contribution in [2.45, 2.75) is 38.2 Å². The monoisotopic (exact) mass is 358 g/mol. The maximum Gasteiger partial charge on any atom is 0.260 e. The first-order valence-corrected chi connectivity index (χ1v) is 9.39. The molecule has 7 nitrogen and oxygen atoms in total. The Hall–Kier alpha value is -1.64. The third-order valence-corrected chi connectivity index (χ3v) is 4.60. The quantitative estimate of drug-likeness (QED) is 0.539. The number of benzene rings is 1. The van der Waals surface area contributed by atoms with Crippen molar-refractivity contribution in [1.29, 1.82) is 0 Å². The Balaban J connectivity index is 2.62. The molecule has 3 N–H and O–H groups in total. The molecule has 1 aromatic rings. The molecule has 136 valence electrons. The van der Waals surface area contributed by atoms with Gasteiger partial charge in [0.15, 0.2) is 6.10 Å². The average Bonchev–Trinajstić information content (AvgIpc) is 2.53. The Bertz CT molecular complexity index is 614. The van der Waals surface area contributed by atoms with Crippen molar-refractivity contribution in [3.8, 4) is 5.75 Å². The van der Waals surface area contributed by atoms with Gasteiger partial charge < -0.3 is 15.2 Å². The van der Waals surface area contributed by atoms with Crippen LogP contribution in [0, 0.1) is 5.92 Å². The minimum absolute atomic E-state index is 0.0773. The largest absolute Gasteiger partial charge is 0.481 e. The molecule has 0 aromatic heterocycles. The van der Waals surface area contributed by atoms with Gasteiger partial charge in [0.05, 0.1) is 4.90 Å². The summed E-state index contributed by atoms with van der Waals surface area (Å²) < 4.78 is 31.9. The Labute approximate surface area is 143 Å². The van der Waals surface area contributed by atoms with Crippen LogP contribution in [0.3, 0.4) is 0 Å². The molecule has 1 rings (SSSR count). The molecule has 0 aliphatic carbocycles. The summed E-state index contributed by atoms with van der Waals surface area (Å²) in [5.74, 6) is 0.548. The van der Waals surface area contributed by atoms with E-state index in [0.29, 0.717) is 24.6 Å². The number of rotatable bonds is 10. The maximum atomic E-state index is 12.0. The molecule has 8 heteroatoms. The third-order valence-electron chi connectivity index (χ3n) is 3.13. The third kappa shape index (κ3) is 6.86. The van der Waals surface area contributed by atoms with Crippen LogP contribution in [-0.4, -0.2) is 45.2 Å². The molecule has 0 aliphatic rings. The van der Waals surface area contributed by atoms with Crippen molar-refractivity contribution in [2.75, 3.05) is 19.7 Å². The van der Waals surface area contributed by atoms with Crippen molar-refractivity contribution in [2.24, 2.45) is 5.92 Å². The van der Waals surface area contributed by atoms with Crippen LogP contribution in [0.5, 0.6) is 5.75 Å². The Kier molecular flexibility index (Phi) is 8.17. The van der Waals surface area contributed by atoms with Crippen molar-refractivity contribution >= 4 is 15.9 Å². The highest BCUT2D eigenvalue weighted by Crippen LogP contribution is 2.17. The topological polar surface area (TPSA) is 105 Å². The van der Waals surface area contributed by atoms with Gasteiger partial charge in [-0.1, -0.05) is 13.8 Å². The molecular formula is C16H26N2O5S. The number of carbonyl (C=O) groups excluding carboxylic acids is 1. The highest BCUT2D eigenvalue weighted by atomic mass is 32.2. The van der Waals surface area contributed by atoms with Crippen LogP contribution in [0.1, 0.15) is 27.2 Å². The van der Waals surface area contributed by atoms with E-state index in [0.717, 1.165) is 0 Å². The summed E-state index contributed by atoms with van der Waals surface area (Å²) in [6, 6.07) is 5.84. The summed E-state index contributed by atoms with van der Waals surface area (Å²) in [6.45, 7) is 6.30. The zero-order valence-electron chi connectivity index (χ0n) is 14.3. The second-order valence-electron chi connectivity index (χ2n) is 5.85. The lowest BCUT2D eigenvalue weighted by Gasteiger charge is -2.16. The van der Waals surface area contributed by atoms with Gasteiger partial charge in [0.25, 0.3) is 5.91 Å². The first-order chi connectivity index (χ1) is 11.3. The fraction of sp³-hybridized carbons (Fsp3) is 0.562. The lowest BCUT2D eigenvalue weighted by Crippen LogP contribution is -2.38. The number of hydrogen-bond acceptors (Lipinski definition) is 5. The van der Waals surface area contributed by atoms with E-state index in [1.165, 1.54) is 24.3 Å². The smallest absolute Gasteiger partial charge is 0.260 e. The van der Waals surface area contributed by atoms with Crippen LogP contribution < -0.4 is 14.8 Å². The van der Waals surface area contributed by atoms with Crippen molar-refractivity contribution in [3.63, 3.8) is 0 Å². The molecular weight excluding hydrogens is 332 g/mol. The number of carbonyl (C=O) groups is 1. The molecule has 1 amide bonds. The van der Waals surface area contributed by atoms with E-state index in [2.05, 4.69) is 10.0 Å². The van der Waals surface area contributed by atoms with Crippen LogP contribution in [0.4, 0.5) is 0 Å². The predicted molar refractivity (Wildman–Crippen MR) is 91.3 cm³/mol. The molecule has 0 aliphatic heterocycles. The Morgan fingerprint density at radius 1 is 1.21 bits per heavy atom. The minimum atomic E-state index is -3.61. The molecule has 0 saturated heterocycles. The summed E-state index contributed by atoms with van der Waals surface area (Å²) in [4.78, 5) is 12.0. The zero-order valence-corrected chi connectivity index (χ0v) is 15.1. The Morgan fingerprint density at radius 2 is 1.83 bits per heavy atom. The molecule has 1 atom stereocenters. The van der Waals surface area contributed by atoms with E-state index in [4.69, 9.17) is 9.84 Å². The van der Waals surface area contributed by atoms with E-state index < -0.39 is 16.1 Å². The summed E-state index contributed by atoms with van der Waals surface area (Å²) >= 11 is 0. The first-order valence-electron chi connectivity index (χ1n) is 7.91. The maximum absolute atomic E-state index is 12.0. The number of aliphatic hydroxyl groups is 1. The van der Waals surface area contributed by atoms with Crippen molar-refractivity contribution in [3.05, 3.63) is 24.3 Å². The van der Waals surface area contributed by atoms with Gasteiger partial charge in [-0.2, -0.15) is 0 Å². The number of amides is 1. The van der Waals surface area contributed by atoms with Crippen LogP contribution in [0.15, 0.2) is 29.2 Å². The zero-order chi connectivity index (χ0) is 18.2. The van der Waals surface area contributed by atoms with E-state index in [-0.39, 0.29) is 24.0 Å². The first kappa shape index (κ1) is 20.4. The SMILES string of the molecule is CC(C)CNC(=O)[C@@H](C)Oc1ccc(S(=O)(=O)NCCCO)cc1. The molecule has 0 heterocycles. The van der Waals surface area contributed by atoms with Crippen molar-refractivity contribution < 1.29 is 23.1 Å². The van der Waals surface area contributed by atoms with Gasteiger partial charge in [0, 0.05) is 19.7 Å². The van der Waals surface area contributed by atoms with Crippen LogP contribution >= 0.6 is 0 Å². The molecule has 0 spiro atoms. The molecule has 24 heavy (non-hydrogen) atoms. The van der Waals surface area contributed by atoms with Gasteiger partial charge in [-0.05, 0) is 43.5 Å². The van der Waals surface area contributed by atoms with Crippen LogP contribution in [0.25, 0.3) is 0 Å². The fourth-order valence-corrected chi connectivity index (χ4v) is 2.85. The van der Waals surface area contributed by atoms with Gasteiger partial charge in [0.2, 0.25) is 10.0 Å². The summed E-state index contributed by atoms with van der Waals surface area (Å²) in [5, 5.41) is 11.5. The van der Waals surface area contributed by atoms with E-state index >= 15 is 0 Å². The normalized spacial score (nSPS) is 12.9. The standard InChI is InChI=1S/C16H26N2O5S/c1-12(2)11-17-16(20)13(3)23-14-5-7-15(8-6-14)24(21,22)18-9-4-10-19/h5-8,12-13,18-19H,4,9-11H2,1-3H3,(H,17,20)/t13-/m1/s1. The number of ether oxygens (including phenoxy) is 1. The minimum Gasteiger partial charge on any atom is -0.481 e. The second kappa shape index (κ2) is 9.61. The molecule has 0 radical (unpaired) electrons. The van der Waals surface area contributed by atoms with Gasteiger partial charge in [-0.3, -0.25) is 4.79 Å². The molecule has 0 unspecified atom stereocenters. The van der Waals surface area contributed by atoms with Crippen LogP contribution in [-0.2, 0) is 14.8 Å². The highest BCUT2D eigenvalue weighted by molar-refractivity contribution is 7.89. The second-order valence-corrected chi connectivity index (χ2v) is 7.61. The van der Waals surface area contributed by atoms with Gasteiger partial charge in [0.1, 0.15) is 5.75 Å². The lowest BCUT2D eigenvalue weighted by molar-refractivity contribution is -0.127. The van der Waals surface area contributed by atoms with Gasteiger partial charge in [-0.15, -0.1) is 0 Å². The molecule has 1 aromatic carbocycles. The summed E-state index contributed by atoms with van der Waals surface area (Å²) in [5.41, 5.74) is 0. The van der Waals surface area contributed by atoms with Crippen molar-refractivity contribution in [1.82, 2.24) is 10.0 Å². The number of sulfonamides is 1. The number of nitrogens with one attached hydrogen (secondary N) is 2. The lowest BCUT2D eigenvalue weighted by atomic mass is 10.2. The van der Waals surface area contributed by atoms with E-state index in [1.807, 2.05) is 13.8 Å². The van der Waals surface area contributed by atoms with Crippen LogP contribution in [0.2, 0.25) is 0 Å². The highest BCUT2D eigenvalue weighted by Gasteiger charge is 2.16. The number of hydrogen-bond donors (Lipinski definition) is 3. The van der Waals surface area contributed by atoms with E-state index in [9.17, 15) is 13.2 Å². The van der Waals surface area contributed by atoms with E-state index in [1.54, 1.807) is 6.92 Å². The molecule has 0 fully saturated rings. The summed E-state index contributed by atoms with van der Waals surface area (Å²) in [6.07, 6.45) is -0.322. The predicted octanol–water partition coefficient (Wildman–Crippen LogP) is 0.887. The molecule has 0 saturated carbocycles. The van der Waals surface area contributed by atoms with Gasteiger partial charge >= 0.3 is 0 Å². The fourth-order valence-electron chi connectivity index (χ4n) is 1.77. The Morgan fingerprint density at radius 3 is 2.38 bits per heavy atom. The number of aliphatic hydroxyl groups excluding tert-OH is 1. The summed E-state index contributed by atoms with van der Waals surface area (Å²) in [7, 11) is -3.61. The van der Waals surface area contributed by atoms with Gasteiger partial charge in [-0.25, -0.2) is 13.1 Å².